The number of carbonyl (C=O) groups is 2. The summed E-state index contributed by atoms with van der Waals surface area (Å²) in [5, 5.41) is 10.0. The molecule has 1 aromatic heterocycles. The number of para-hydroxylation sites is 2. The molecule has 1 aliphatic heterocycles. The fraction of sp³-hybridized carbons (Fsp3) is 0.227. The van der Waals surface area contributed by atoms with Crippen LogP contribution < -0.4 is 10.6 Å². The van der Waals surface area contributed by atoms with Gasteiger partial charge in [-0.3, -0.25) is 9.59 Å². The third-order valence-corrected chi connectivity index (χ3v) is 6.26. The smallest absolute Gasteiger partial charge is 0.238 e. The normalized spacial score (nSPS) is 15.5. The zero-order chi connectivity index (χ0) is 20.4. The van der Waals surface area contributed by atoms with Crippen molar-refractivity contribution in [2.24, 2.45) is 0 Å². The average molecular weight is 407 g/mol. The molecule has 0 saturated carbocycles. The first-order chi connectivity index (χ1) is 14.0. The van der Waals surface area contributed by atoms with Gasteiger partial charge in [0.05, 0.1) is 22.3 Å². The molecule has 2 aromatic carbocycles. The molecule has 0 saturated heterocycles. The van der Waals surface area contributed by atoms with Crippen molar-refractivity contribution >= 4 is 29.3 Å². The third-order valence-electron chi connectivity index (χ3n) is 4.98. The van der Waals surface area contributed by atoms with Crippen LogP contribution in [0.15, 0.2) is 59.5 Å². The minimum atomic E-state index is -0.431. The summed E-state index contributed by atoms with van der Waals surface area (Å²) < 4.78 is 1.89. The van der Waals surface area contributed by atoms with E-state index >= 15 is 0 Å². The monoisotopic (exact) mass is 406 g/mol. The van der Waals surface area contributed by atoms with Crippen LogP contribution in [0.4, 0.5) is 5.69 Å². The van der Waals surface area contributed by atoms with Gasteiger partial charge in [0.25, 0.3) is 0 Å². The van der Waals surface area contributed by atoms with E-state index in [1.807, 2.05) is 73.1 Å². The first kappa shape index (κ1) is 19.3. The fourth-order valence-corrected chi connectivity index (χ4v) is 4.52. The summed E-state index contributed by atoms with van der Waals surface area (Å²) in [7, 11) is 0. The van der Waals surface area contributed by atoms with Crippen molar-refractivity contribution in [1.29, 1.82) is 0 Å². The molecule has 0 unspecified atom stereocenters. The summed E-state index contributed by atoms with van der Waals surface area (Å²) in [5.74, 6) is -0.281. The number of hydrogen-bond acceptors (Lipinski definition) is 4. The summed E-state index contributed by atoms with van der Waals surface area (Å²) in [6.07, 6.45) is 0.135. The zero-order valence-electron chi connectivity index (χ0n) is 16.3. The Morgan fingerprint density at radius 1 is 1.14 bits per heavy atom. The summed E-state index contributed by atoms with van der Waals surface area (Å²) in [6.45, 7) is 4.32. The van der Waals surface area contributed by atoms with Crippen molar-refractivity contribution in [2.45, 2.75) is 37.0 Å². The van der Waals surface area contributed by atoms with Crippen molar-refractivity contribution in [2.75, 3.05) is 5.32 Å². The van der Waals surface area contributed by atoms with Crippen LogP contribution in [-0.4, -0.2) is 26.8 Å². The van der Waals surface area contributed by atoms with E-state index in [1.165, 1.54) is 11.8 Å². The molecule has 3 aromatic rings. The lowest BCUT2D eigenvalue weighted by atomic mass is 10.2. The minimum Gasteiger partial charge on any atom is -0.352 e. The van der Waals surface area contributed by atoms with Crippen LogP contribution in [0.3, 0.4) is 0 Å². The van der Waals surface area contributed by atoms with Crippen molar-refractivity contribution in [3.63, 3.8) is 0 Å². The molecule has 29 heavy (non-hydrogen) atoms. The molecule has 0 spiro atoms. The van der Waals surface area contributed by atoms with Gasteiger partial charge in [-0.1, -0.05) is 30.3 Å². The fourth-order valence-electron chi connectivity index (χ4n) is 3.41. The maximum absolute atomic E-state index is 12.5. The van der Waals surface area contributed by atoms with E-state index in [0.717, 1.165) is 33.2 Å². The molecule has 0 bridgehead atoms. The van der Waals surface area contributed by atoms with E-state index in [-0.39, 0.29) is 18.2 Å². The number of thioether (sulfide) groups is 1. The molecule has 0 fully saturated rings. The Labute approximate surface area is 173 Å². The lowest BCUT2D eigenvalue weighted by molar-refractivity contribution is -0.124. The van der Waals surface area contributed by atoms with Gasteiger partial charge in [0.15, 0.2) is 0 Å². The molecule has 6 nitrogen and oxygen atoms in total. The van der Waals surface area contributed by atoms with Gasteiger partial charge < -0.3 is 10.6 Å². The zero-order valence-corrected chi connectivity index (χ0v) is 17.1. The molecule has 1 atom stereocenters. The van der Waals surface area contributed by atoms with Crippen LogP contribution in [0.2, 0.25) is 0 Å². The first-order valence-electron chi connectivity index (χ1n) is 9.46. The number of nitrogens with zero attached hydrogens (tertiary/aromatic N) is 2. The minimum absolute atomic E-state index is 0.131. The predicted octanol–water partition coefficient (Wildman–Crippen LogP) is 3.61. The van der Waals surface area contributed by atoms with Gasteiger partial charge in [-0.25, -0.2) is 4.68 Å². The first-order valence-corrected chi connectivity index (χ1v) is 10.3. The predicted molar refractivity (Wildman–Crippen MR) is 114 cm³/mol. The molecule has 2 amide bonds. The van der Waals surface area contributed by atoms with E-state index in [4.69, 9.17) is 0 Å². The Morgan fingerprint density at radius 3 is 2.66 bits per heavy atom. The maximum Gasteiger partial charge on any atom is 0.238 e. The standard InChI is InChI=1S/C22H22N4O2S/c1-14-17(15(2)26(25-14)16-8-4-3-5-9-16)13-23-21(27)12-20-22(28)24-18-10-6-7-11-19(18)29-20/h3-11,20H,12-13H2,1-2H3,(H,23,27)(H,24,28)/t20-/m1/s1. The Kier molecular flexibility index (Phi) is 5.40. The molecule has 1 aliphatic rings. The molecule has 0 radical (unpaired) electrons. The molecular formula is C22H22N4O2S. The molecular weight excluding hydrogens is 384 g/mol. The Bertz CT molecular complexity index is 1060. The molecule has 2 N–H and O–H groups in total. The van der Waals surface area contributed by atoms with Crippen molar-refractivity contribution in [3.8, 4) is 5.69 Å². The second kappa shape index (κ2) is 8.13. The van der Waals surface area contributed by atoms with Gasteiger partial charge in [-0.15, -0.1) is 11.8 Å². The number of hydrogen-bond donors (Lipinski definition) is 2. The van der Waals surface area contributed by atoms with Gasteiger partial charge in [0, 0.05) is 29.1 Å². The van der Waals surface area contributed by atoms with Crippen molar-refractivity contribution in [3.05, 3.63) is 71.5 Å². The van der Waals surface area contributed by atoms with Crippen LogP contribution in [-0.2, 0) is 16.1 Å². The number of aryl methyl sites for hydroxylation is 1. The van der Waals surface area contributed by atoms with Crippen LogP contribution in [0.5, 0.6) is 0 Å². The number of nitrogens with one attached hydrogen (secondary N) is 2. The highest BCUT2D eigenvalue weighted by Gasteiger charge is 2.28. The van der Waals surface area contributed by atoms with E-state index in [2.05, 4.69) is 15.7 Å². The number of aromatic nitrogens is 2. The summed E-state index contributed by atoms with van der Waals surface area (Å²) in [5.41, 5.74) is 4.66. The number of benzene rings is 2. The Balaban J connectivity index is 1.41. The molecule has 0 aliphatic carbocycles. The van der Waals surface area contributed by atoms with Crippen molar-refractivity contribution in [1.82, 2.24) is 15.1 Å². The SMILES string of the molecule is Cc1nn(-c2ccccc2)c(C)c1CNC(=O)C[C@H]1Sc2ccccc2NC1=O. The number of fused-ring (bicyclic) bond motifs is 1. The number of anilines is 1. The highest BCUT2D eigenvalue weighted by molar-refractivity contribution is 8.01. The van der Waals surface area contributed by atoms with Gasteiger partial charge in [0.1, 0.15) is 0 Å². The maximum atomic E-state index is 12.5. The summed E-state index contributed by atoms with van der Waals surface area (Å²) >= 11 is 1.43. The highest BCUT2D eigenvalue weighted by Crippen LogP contribution is 2.36. The number of rotatable bonds is 5. The van der Waals surface area contributed by atoms with Crippen LogP contribution in [0.1, 0.15) is 23.4 Å². The second-order valence-electron chi connectivity index (χ2n) is 6.97. The van der Waals surface area contributed by atoms with Crippen LogP contribution in [0, 0.1) is 13.8 Å². The highest BCUT2D eigenvalue weighted by atomic mass is 32.2. The molecule has 4 rings (SSSR count). The lowest BCUT2D eigenvalue weighted by Crippen LogP contribution is -2.34. The van der Waals surface area contributed by atoms with E-state index in [9.17, 15) is 9.59 Å². The van der Waals surface area contributed by atoms with Crippen molar-refractivity contribution < 1.29 is 9.59 Å². The van der Waals surface area contributed by atoms with Crippen LogP contribution in [0.25, 0.3) is 5.69 Å². The lowest BCUT2D eigenvalue weighted by Gasteiger charge is -2.23. The Hall–Kier alpha value is -3.06. The quantitative estimate of drug-likeness (QED) is 0.679. The molecule has 148 valence electrons. The van der Waals surface area contributed by atoms with Crippen LogP contribution >= 0.6 is 11.8 Å². The van der Waals surface area contributed by atoms with Gasteiger partial charge >= 0.3 is 0 Å². The summed E-state index contributed by atoms with van der Waals surface area (Å²) in [4.78, 5) is 25.8. The second-order valence-corrected chi connectivity index (χ2v) is 8.21. The van der Waals surface area contributed by atoms with Gasteiger partial charge in [-0.2, -0.15) is 5.10 Å². The largest absolute Gasteiger partial charge is 0.352 e. The summed E-state index contributed by atoms with van der Waals surface area (Å²) in [6, 6.07) is 17.5. The number of carbonyl (C=O) groups excluding carboxylic acids is 2. The third kappa shape index (κ3) is 4.05. The van der Waals surface area contributed by atoms with E-state index in [1.54, 1.807) is 0 Å². The molecule has 2 heterocycles. The number of amides is 2. The topological polar surface area (TPSA) is 76.0 Å². The average Bonchev–Trinajstić information content (AvgIpc) is 3.01. The van der Waals surface area contributed by atoms with E-state index in [0.29, 0.717) is 6.54 Å². The van der Waals surface area contributed by atoms with E-state index < -0.39 is 5.25 Å². The molecule has 7 heteroatoms. The van der Waals surface area contributed by atoms with Gasteiger partial charge in [0.2, 0.25) is 11.8 Å². The Morgan fingerprint density at radius 2 is 1.86 bits per heavy atom. The van der Waals surface area contributed by atoms with Gasteiger partial charge in [-0.05, 0) is 38.1 Å².